The molecule has 6 heteroatoms. The van der Waals surface area contributed by atoms with Crippen LogP contribution in [0.2, 0.25) is 0 Å². The average molecular weight is 220 g/mol. The molecule has 1 heterocycles. The first-order valence-corrected chi connectivity index (χ1v) is 3.73. The van der Waals surface area contributed by atoms with Gasteiger partial charge in [0.25, 0.3) is 12.1 Å². The number of halogens is 3. The van der Waals surface area contributed by atoms with E-state index in [1.165, 1.54) is 12.1 Å². The van der Waals surface area contributed by atoms with Crippen LogP contribution >= 0.6 is 12.4 Å². The van der Waals surface area contributed by atoms with Gasteiger partial charge in [-0.25, -0.2) is 8.78 Å². The predicted octanol–water partition coefficient (Wildman–Crippen LogP) is 2.57. The molecule has 1 aliphatic heterocycles. The van der Waals surface area contributed by atoms with Crippen LogP contribution in [0.25, 0.3) is 0 Å². The van der Waals surface area contributed by atoms with Crippen molar-refractivity contribution in [2.45, 2.75) is 12.1 Å². The van der Waals surface area contributed by atoms with Crippen LogP contribution in [-0.2, 0) is 5.66 Å². The van der Waals surface area contributed by atoms with Gasteiger partial charge in [0.05, 0.1) is 0 Å². The van der Waals surface area contributed by atoms with Crippen LogP contribution < -0.4 is 5.73 Å². The maximum atomic E-state index is 12.4. The second-order valence-electron chi connectivity index (χ2n) is 2.85. The lowest BCUT2D eigenvalue weighted by atomic mass is 10.0. The summed E-state index contributed by atoms with van der Waals surface area (Å²) in [6.07, 6.45) is -2.59. The van der Waals surface area contributed by atoms with Crippen LogP contribution in [0.1, 0.15) is 5.56 Å². The fourth-order valence-corrected chi connectivity index (χ4v) is 1.11. The maximum Gasteiger partial charge on any atom is 0.291 e. The van der Waals surface area contributed by atoms with Crippen molar-refractivity contribution in [2.75, 3.05) is 5.73 Å². The number of anilines is 1. The predicted molar refractivity (Wildman–Crippen MR) is 50.6 cm³/mol. The number of hydrogen-bond acceptors (Lipinski definition) is 3. The van der Waals surface area contributed by atoms with E-state index in [1.54, 1.807) is 12.1 Å². The van der Waals surface area contributed by atoms with Crippen molar-refractivity contribution in [2.24, 2.45) is 10.2 Å². The summed E-state index contributed by atoms with van der Waals surface area (Å²) in [5.74, 6) is 0. The molecule has 0 aromatic heterocycles. The Bertz CT molecular complexity index is 344. The number of rotatable bonds is 2. The molecule has 0 bridgehead atoms. The summed E-state index contributed by atoms with van der Waals surface area (Å²) in [4.78, 5) is 0. The van der Waals surface area contributed by atoms with E-state index in [4.69, 9.17) is 5.73 Å². The molecule has 0 spiro atoms. The molecule has 3 nitrogen and oxygen atoms in total. The number of benzene rings is 1. The van der Waals surface area contributed by atoms with Crippen LogP contribution in [0.3, 0.4) is 0 Å². The minimum atomic E-state index is -2.59. The first-order chi connectivity index (χ1) is 6.15. The van der Waals surface area contributed by atoms with Crippen molar-refractivity contribution in [1.29, 1.82) is 0 Å². The zero-order chi connectivity index (χ0) is 9.47. The highest BCUT2D eigenvalue weighted by Crippen LogP contribution is 2.44. The number of hydrogen-bond donors (Lipinski definition) is 1. The van der Waals surface area contributed by atoms with E-state index in [0.717, 1.165) is 0 Å². The Morgan fingerprint density at radius 2 is 1.64 bits per heavy atom. The van der Waals surface area contributed by atoms with E-state index < -0.39 is 12.1 Å². The van der Waals surface area contributed by atoms with Crippen LogP contribution in [0.5, 0.6) is 0 Å². The van der Waals surface area contributed by atoms with Gasteiger partial charge in [0.15, 0.2) is 0 Å². The molecule has 0 saturated heterocycles. The topological polar surface area (TPSA) is 50.7 Å². The van der Waals surface area contributed by atoms with Crippen molar-refractivity contribution in [3.05, 3.63) is 29.8 Å². The lowest BCUT2D eigenvalue weighted by Crippen LogP contribution is -2.18. The fraction of sp³-hybridized carbons (Fsp3) is 0.250. The van der Waals surface area contributed by atoms with Gasteiger partial charge in [-0.2, -0.15) is 0 Å². The summed E-state index contributed by atoms with van der Waals surface area (Å²) in [6, 6.07) is 6.15. The molecule has 0 fully saturated rings. The van der Waals surface area contributed by atoms with E-state index >= 15 is 0 Å². The van der Waals surface area contributed by atoms with Gasteiger partial charge in [0.1, 0.15) is 0 Å². The SMILES string of the molecule is Cl.Nc1ccc(C2(C(F)F)N=N2)cc1. The van der Waals surface area contributed by atoms with E-state index in [9.17, 15) is 8.78 Å². The molecule has 1 aliphatic rings. The fourth-order valence-electron chi connectivity index (χ4n) is 1.11. The van der Waals surface area contributed by atoms with Crippen molar-refractivity contribution in [3.8, 4) is 0 Å². The molecule has 1 aromatic rings. The van der Waals surface area contributed by atoms with Crippen LogP contribution in [0, 0.1) is 0 Å². The second kappa shape index (κ2) is 3.49. The smallest absolute Gasteiger partial charge is 0.291 e. The van der Waals surface area contributed by atoms with Gasteiger partial charge >= 0.3 is 0 Å². The zero-order valence-electron chi connectivity index (χ0n) is 7.02. The maximum absolute atomic E-state index is 12.4. The minimum absolute atomic E-state index is 0. The number of nitrogens with two attached hydrogens (primary N) is 1. The molecule has 0 saturated carbocycles. The Hall–Kier alpha value is -1.23. The van der Waals surface area contributed by atoms with E-state index in [1.807, 2.05) is 0 Å². The van der Waals surface area contributed by atoms with E-state index in [-0.39, 0.29) is 12.4 Å². The normalized spacial score (nSPS) is 16.5. The molecule has 1 aromatic carbocycles. The third kappa shape index (κ3) is 1.55. The summed E-state index contributed by atoms with van der Waals surface area (Å²) in [5.41, 5.74) is 4.74. The summed E-state index contributed by atoms with van der Waals surface area (Å²) >= 11 is 0. The Balaban J connectivity index is 0.000000980. The van der Waals surface area contributed by atoms with Crippen molar-refractivity contribution >= 4 is 18.1 Å². The Morgan fingerprint density at radius 3 is 2.00 bits per heavy atom. The van der Waals surface area contributed by atoms with E-state index in [2.05, 4.69) is 10.2 Å². The van der Waals surface area contributed by atoms with Gasteiger partial charge in [-0.15, -0.1) is 22.6 Å². The van der Waals surface area contributed by atoms with Gasteiger partial charge in [-0.3, -0.25) is 0 Å². The monoisotopic (exact) mass is 219 g/mol. The van der Waals surface area contributed by atoms with Gasteiger partial charge in [-0.05, 0) is 12.1 Å². The lowest BCUT2D eigenvalue weighted by molar-refractivity contribution is 0.0930. The summed E-state index contributed by atoms with van der Waals surface area (Å²) in [7, 11) is 0. The Kier molecular flexibility index (Phi) is 2.71. The Morgan fingerprint density at radius 1 is 1.14 bits per heavy atom. The van der Waals surface area contributed by atoms with Crippen LogP contribution in [0.4, 0.5) is 14.5 Å². The number of alkyl halides is 2. The molecule has 0 aliphatic carbocycles. The quantitative estimate of drug-likeness (QED) is 0.764. The molecule has 2 rings (SSSR count). The summed E-state index contributed by atoms with van der Waals surface area (Å²) in [6.45, 7) is 0. The average Bonchev–Trinajstić information content (AvgIpc) is 2.86. The second-order valence-corrected chi connectivity index (χ2v) is 2.85. The van der Waals surface area contributed by atoms with Crippen LogP contribution in [0.15, 0.2) is 34.5 Å². The van der Waals surface area contributed by atoms with Crippen molar-refractivity contribution in [3.63, 3.8) is 0 Å². The molecular formula is C8H8ClF2N3. The summed E-state index contributed by atoms with van der Waals surface area (Å²) in [5, 5.41) is 6.73. The number of nitrogen functional groups attached to an aromatic ring is 1. The van der Waals surface area contributed by atoms with Crippen LogP contribution in [-0.4, -0.2) is 6.43 Å². The highest BCUT2D eigenvalue weighted by Gasteiger charge is 2.51. The molecule has 76 valence electrons. The largest absolute Gasteiger partial charge is 0.399 e. The summed E-state index contributed by atoms with van der Waals surface area (Å²) < 4.78 is 24.9. The molecule has 2 N–H and O–H groups in total. The molecule has 0 amide bonds. The number of nitrogens with zero attached hydrogens (tertiary/aromatic N) is 2. The highest BCUT2D eigenvalue weighted by molar-refractivity contribution is 5.85. The Labute approximate surface area is 85.4 Å². The third-order valence-corrected chi connectivity index (χ3v) is 1.96. The molecule has 0 unspecified atom stereocenters. The van der Waals surface area contributed by atoms with Gasteiger partial charge < -0.3 is 5.73 Å². The van der Waals surface area contributed by atoms with Crippen molar-refractivity contribution in [1.82, 2.24) is 0 Å². The standard InChI is InChI=1S/C8H7F2N3.ClH/c9-7(10)8(12-13-8)5-1-3-6(11)4-2-5;/h1-4,7H,11H2;1H. The van der Waals surface area contributed by atoms with Gasteiger partial charge in [0, 0.05) is 11.3 Å². The molecular weight excluding hydrogens is 212 g/mol. The molecule has 14 heavy (non-hydrogen) atoms. The molecule has 0 atom stereocenters. The lowest BCUT2D eigenvalue weighted by Gasteiger charge is -2.08. The van der Waals surface area contributed by atoms with Gasteiger partial charge in [0.2, 0.25) is 0 Å². The first-order valence-electron chi connectivity index (χ1n) is 3.73. The van der Waals surface area contributed by atoms with Crippen molar-refractivity contribution < 1.29 is 8.78 Å². The van der Waals surface area contributed by atoms with Gasteiger partial charge in [-0.1, -0.05) is 12.1 Å². The first kappa shape index (κ1) is 10.8. The third-order valence-electron chi connectivity index (χ3n) is 1.96. The highest BCUT2D eigenvalue weighted by atomic mass is 35.5. The van der Waals surface area contributed by atoms with E-state index in [0.29, 0.717) is 11.3 Å². The zero-order valence-corrected chi connectivity index (χ0v) is 7.84. The minimum Gasteiger partial charge on any atom is -0.399 e. The molecule has 0 radical (unpaired) electrons.